The van der Waals surface area contributed by atoms with E-state index in [0.717, 1.165) is 5.56 Å². The second-order valence-electron chi connectivity index (χ2n) is 6.27. The van der Waals surface area contributed by atoms with E-state index in [1.807, 2.05) is 25.1 Å². The van der Waals surface area contributed by atoms with E-state index in [2.05, 4.69) is 4.98 Å². The van der Waals surface area contributed by atoms with Crippen molar-refractivity contribution in [3.63, 3.8) is 0 Å². The Morgan fingerprint density at radius 2 is 1.71 bits per heavy atom. The van der Waals surface area contributed by atoms with Gasteiger partial charge in [0.05, 0.1) is 0 Å². The molecule has 146 valence electrons. The number of rotatable bonds is 5. The third kappa shape index (κ3) is 3.40. The minimum atomic E-state index is -0.373. The van der Waals surface area contributed by atoms with Crippen LogP contribution in [0.5, 0.6) is 5.75 Å². The number of carbonyl (C=O) groups is 1. The van der Waals surface area contributed by atoms with Crippen molar-refractivity contribution in [2.45, 2.75) is 33.9 Å². The Labute approximate surface area is 161 Å². The molecule has 2 aromatic heterocycles. The molecule has 3 aromatic rings. The minimum absolute atomic E-state index is 0.304. The first-order valence-electron chi connectivity index (χ1n) is 9.04. The third-order valence-corrected chi connectivity index (χ3v) is 4.48. The van der Waals surface area contributed by atoms with Crippen molar-refractivity contribution >= 4 is 29.3 Å². The zero-order valence-electron chi connectivity index (χ0n) is 16.3. The first-order chi connectivity index (χ1) is 13.4. The zero-order valence-corrected chi connectivity index (χ0v) is 16.3. The average molecular weight is 382 g/mol. The maximum absolute atomic E-state index is 12.7. The van der Waals surface area contributed by atoms with Gasteiger partial charge in [-0.15, -0.1) is 0 Å². The molecule has 0 bridgehead atoms. The van der Waals surface area contributed by atoms with E-state index in [1.54, 1.807) is 36.7 Å². The molecule has 0 atom stereocenters. The van der Waals surface area contributed by atoms with Crippen molar-refractivity contribution in [2.24, 2.45) is 7.05 Å². The fourth-order valence-corrected chi connectivity index (χ4v) is 3.08. The monoisotopic (exact) mass is 382 g/mol. The maximum Gasteiger partial charge on any atom is 0.332 e. The molecule has 0 spiro atoms. The molecule has 28 heavy (non-hydrogen) atoms. The predicted octanol–water partition coefficient (Wildman–Crippen LogP) is 2.03. The lowest BCUT2D eigenvalue weighted by atomic mass is 10.2. The minimum Gasteiger partial charge on any atom is -0.427 e. The van der Waals surface area contributed by atoms with Crippen LogP contribution in [0.3, 0.4) is 0 Å². The number of imidazole rings is 1. The Morgan fingerprint density at radius 3 is 2.29 bits per heavy atom. The van der Waals surface area contributed by atoms with Gasteiger partial charge in [-0.3, -0.25) is 18.7 Å². The zero-order chi connectivity index (χ0) is 20.4. The number of benzene rings is 1. The Kier molecular flexibility index (Phi) is 5.30. The normalized spacial score (nSPS) is 11.4. The summed E-state index contributed by atoms with van der Waals surface area (Å²) in [7, 11) is 1.75. The highest BCUT2D eigenvalue weighted by molar-refractivity contribution is 5.77. The maximum atomic E-state index is 12.7. The van der Waals surface area contributed by atoms with Crippen LogP contribution in [0.25, 0.3) is 23.3 Å². The number of aryl methyl sites for hydroxylation is 2. The van der Waals surface area contributed by atoms with Crippen molar-refractivity contribution in [3.8, 4) is 5.75 Å². The summed E-state index contributed by atoms with van der Waals surface area (Å²) in [4.78, 5) is 40.7. The summed E-state index contributed by atoms with van der Waals surface area (Å²) in [5.41, 5.74) is 0.967. The molecule has 0 radical (unpaired) electrons. The number of fused-ring (bicyclic) bond motifs is 1. The molecular formula is C20H22N4O4. The Hall–Kier alpha value is -3.42. The van der Waals surface area contributed by atoms with E-state index in [1.165, 1.54) is 16.1 Å². The molecule has 0 aliphatic rings. The fraction of sp³-hybridized carbons (Fsp3) is 0.300. The van der Waals surface area contributed by atoms with Gasteiger partial charge in [-0.1, -0.05) is 18.2 Å². The van der Waals surface area contributed by atoms with Crippen molar-refractivity contribution in [1.29, 1.82) is 0 Å². The second kappa shape index (κ2) is 7.67. The highest BCUT2D eigenvalue weighted by Crippen LogP contribution is 2.16. The lowest BCUT2D eigenvalue weighted by Crippen LogP contribution is -2.39. The molecule has 2 heterocycles. The van der Waals surface area contributed by atoms with Gasteiger partial charge in [0.2, 0.25) is 0 Å². The van der Waals surface area contributed by atoms with Crippen LogP contribution in [0.4, 0.5) is 0 Å². The van der Waals surface area contributed by atoms with Crippen molar-refractivity contribution in [1.82, 2.24) is 18.7 Å². The van der Waals surface area contributed by atoms with E-state index in [9.17, 15) is 14.4 Å². The molecule has 0 amide bonds. The summed E-state index contributed by atoms with van der Waals surface area (Å²) >= 11 is 0. The van der Waals surface area contributed by atoms with E-state index in [0.29, 0.717) is 35.8 Å². The predicted molar refractivity (Wildman–Crippen MR) is 107 cm³/mol. The topological polar surface area (TPSA) is 88.1 Å². The van der Waals surface area contributed by atoms with Crippen LogP contribution in [0.1, 0.15) is 32.2 Å². The SMILES string of the molecule is CCn1c(=O)c2c(nc(C=Cc3ccc(OC(C)=O)cc3)n2C)n(CC)c1=O. The van der Waals surface area contributed by atoms with E-state index in [-0.39, 0.29) is 17.2 Å². The van der Waals surface area contributed by atoms with Crippen LogP contribution in [0.2, 0.25) is 0 Å². The smallest absolute Gasteiger partial charge is 0.332 e. The van der Waals surface area contributed by atoms with Gasteiger partial charge in [-0.05, 0) is 37.6 Å². The number of hydrogen-bond acceptors (Lipinski definition) is 5. The summed E-state index contributed by atoms with van der Waals surface area (Å²) in [6, 6.07) is 7.02. The molecule has 0 N–H and O–H groups in total. The summed E-state index contributed by atoms with van der Waals surface area (Å²) in [6.07, 6.45) is 3.62. The van der Waals surface area contributed by atoms with Crippen molar-refractivity contribution in [3.05, 3.63) is 56.5 Å². The summed E-state index contributed by atoms with van der Waals surface area (Å²) in [5, 5.41) is 0. The molecule has 3 rings (SSSR count). The van der Waals surface area contributed by atoms with Gasteiger partial charge in [0.25, 0.3) is 5.56 Å². The Bertz CT molecular complexity index is 1180. The number of nitrogens with zero attached hydrogens (tertiary/aromatic N) is 4. The first-order valence-corrected chi connectivity index (χ1v) is 9.04. The quantitative estimate of drug-likeness (QED) is 0.498. The van der Waals surface area contributed by atoms with Crippen LogP contribution < -0.4 is 16.0 Å². The summed E-state index contributed by atoms with van der Waals surface area (Å²) in [5.74, 6) is 0.661. The molecule has 0 aliphatic carbocycles. The Morgan fingerprint density at radius 1 is 1.07 bits per heavy atom. The van der Waals surface area contributed by atoms with Crippen molar-refractivity contribution in [2.75, 3.05) is 0 Å². The first kappa shape index (κ1) is 19.3. The molecule has 0 saturated carbocycles. The molecule has 8 heteroatoms. The van der Waals surface area contributed by atoms with Crippen LogP contribution in [0, 0.1) is 0 Å². The number of carbonyl (C=O) groups excluding carboxylic acids is 1. The molecule has 1 aromatic carbocycles. The standard InChI is InChI=1S/C20H22N4O4/c1-5-23-18-17(19(26)24(6-2)20(23)27)22(4)16(21-18)12-9-14-7-10-15(11-8-14)28-13(3)25/h7-12H,5-6H2,1-4H3. The molecule has 0 saturated heterocycles. The fourth-order valence-electron chi connectivity index (χ4n) is 3.08. The van der Waals surface area contributed by atoms with E-state index < -0.39 is 0 Å². The lowest BCUT2D eigenvalue weighted by molar-refractivity contribution is -0.131. The van der Waals surface area contributed by atoms with Crippen LogP contribution >= 0.6 is 0 Å². The van der Waals surface area contributed by atoms with Gasteiger partial charge in [-0.25, -0.2) is 9.78 Å². The lowest BCUT2D eigenvalue weighted by Gasteiger charge is -2.08. The average Bonchev–Trinajstić information content (AvgIpc) is 2.98. The Balaban J connectivity index is 2.05. The second-order valence-corrected chi connectivity index (χ2v) is 6.27. The van der Waals surface area contributed by atoms with Gasteiger partial charge < -0.3 is 9.30 Å². The van der Waals surface area contributed by atoms with Crippen LogP contribution in [-0.4, -0.2) is 24.7 Å². The number of aromatic nitrogens is 4. The van der Waals surface area contributed by atoms with Crippen LogP contribution in [-0.2, 0) is 24.9 Å². The van der Waals surface area contributed by atoms with E-state index in [4.69, 9.17) is 4.74 Å². The summed E-state index contributed by atoms with van der Waals surface area (Å²) in [6.45, 7) is 5.69. The number of ether oxygens (including phenoxy) is 1. The molecular weight excluding hydrogens is 360 g/mol. The number of esters is 1. The van der Waals surface area contributed by atoms with Gasteiger partial charge in [-0.2, -0.15) is 0 Å². The highest BCUT2D eigenvalue weighted by Gasteiger charge is 2.17. The van der Waals surface area contributed by atoms with Crippen molar-refractivity contribution < 1.29 is 9.53 Å². The van der Waals surface area contributed by atoms with Crippen LogP contribution in [0.15, 0.2) is 33.9 Å². The molecule has 8 nitrogen and oxygen atoms in total. The largest absolute Gasteiger partial charge is 0.427 e. The highest BCUT2D eigenvalue weighted by atomic mass is 16.5. The molecule has 0 unspecified atom stereocenters. The summed E-state index contributed by atoms with van der Waals surface area (Å²) < 4.78 is 9.43. The van der Waals surface area contributed by atoms with Gasteiger partial charge in [0, 0.05) is 27.1 Å². The van der Waals surface area contributed by atoms with Gasteiger partial charge >= 0.3 is 11.7 Å². The number of hydrogen-bond donors (Lipinski definition) is 0. The third-order valence-electron chi connectivity index (χ3n) is 4.48. The van der Waals surface area contributed by atoms with Gasteiger partial charge in [0.15, 0.2) is 11.2 Å². The van der Waals surface area contributed by atoms with E-state index >= 15 is 0 Å². The van der Waals surface area contributed by atoms with Gasteiger partial charge in [0.1, 0.15) is 11.6 Å². The molecule has 0 aliphatic heterocycles. The molecule has 0 fully saturated rings.